The Morgan fingerprint density at radius 2 is 2.05 bits per heavy atom. The van der Waals surface area contributed by atoms with Crippen LogP contribution in [-0.2, 0) is 6.61 Å². The summed E-state index contributed by atoms with van der Waals surface area (Å²) in [5.74, 6) is 0.943. The molecule has 114 valence electrons. The number of rotatable bonds is 7. The van der Waals surface area contributed by atoms with E-state index in [-0.39, 0.29) is 6.04 Å². The molecule has 0 spiro atoms. The fourth-order valence-electron chi connectivity index (χ4n) is 2.04. The van der Waals surface area contributed by atoms with Crippen molar-refractivity contribution in [3.8, 4) is 5.75 Å². The highest BCUT2D eigenvalue weighted by atomic mass is 79.9. The molecule has 1 aromatic heterocycles. The Morgan fingerprint density at radius 3 is 2.71 bits per heavy atom. The van der Waals surface area contributed by atoms with Crippen LogP contribution in [0, 0.1) is 0 Å². The molecular weight excluding hydrogens is 414 g/mol. The van der Waals surface area contributed by atoms with E-state index in [1.165, 1.54) is 10.4 Å². The SMILES string of the molecule is CCCNC(C)c1cc(Br)ccc1OCc1ccc(Br)s1. The minimum atomic E-state index is 0.271. The molecule has 0 saturated carbocycles. The Kier molecular flexibility index (Phi) is 6.74. The summed E-state index contributed by atoms with van der Waals surface area (Å²) in [5.41, 5.74) is 1.19. The normalized spacial score (nSPS) is 12.4. The van der Waals surface area contributed by atoms with E-state index in [4.69, 9.17) is 4.74 Å². The van der Waals surface area contributed by atoms with Crippen LogP contribution in [0.1, 0.15) is 36.8 Å². The highest BCUT2D eigenvalue weighted by Gasteiger charge is 2.12. The van der Waals surface area contributed by atoms with Gasteiger partial charge in [0.2, 0.25) is 0 Å². The fraction of sp³-hybridized carbons (Fsp3) is 0.375. The van der Waals surface area contributed by atoms with Gasteiger partial charge in [-0.25, -0.2) is 0 Å². The van der Waals surface area contributed by atoms with Gasteiger partial charge in [-0.15, -0.1) is 11.3 Å². The first-order chi connectivity index (χ1) is 10.1. The van der Waals surface area contributed by atoms with E-state index in [0.717, 1.165) is 27.0 Å². The summed E-state index contributed by atoms with van der Waals surface area (Å²) >= 11 is 8.73. The van der Waals surface area contributed by atoms with Crippen molar-refractivity contribution < 1.29 is 4.74 Å². The van der Waals surface area contributed by atoms with Gasteiger partial charge in [-0.1, -0.05) is 22.9 Å². The maximum Gasteiger partial charge on any atom is 0.124 e. The van der Waals surface area contributed by atoms with E-state index >= 15 is 0 Å². The minimum Gasteiger partial charge on any atom is -0.488 e. The molecule has 0 aliphatic rings. The largest absolute Gasteiger partial charge is 0.488 e. The molecule has 1 atom stereocenters. The molecule has 1 heterocycles. The quantitative estimate of drug-likeness (QED) is 0.586. The average molecular weight is 433 g/mol. The molecule has 5 heteroatoms. The lowest BCUT2D eigenvalue weighted by atomic mass is 10.1. The second-order valence-electron chi connectivity index (χ2n) is 4.85. The third-order valence-corrected chi connectivity index (χ3v) is 5.23. The predicted molar refractivity (Wildman–Crippen MR) is 97.2 cm³/mol. The zero-order chi connectivity index (χ0) is 15.2. The highest BCUT2D eigenvalue weighted by Crippen LogP contribution is 2.30. The first kappa shape index (κ1) is 17.0. The number of nitrogens with one attached hydrogen (secondary N) is 1. The summed E-state index contributed by atoms with van der Waals surface area (Å²) in [6.07, 6.45) is 1.12. The highest BCUT2D eigenvalue weighted by molar-refractivity contribution is 9.11. The van der Waals surface area contributed by atoms with Gasteiger partial charge in [0.05, 0.1) is 3.79 Å². The molecule has 1 unspecified atom stereocenters. The Morgan fingerprint density at radius 1 is 1.24 bits per heavy atom. The van der Waals surface area contributed by atoms with Crippen molar-refractivity contribution in [1.82, 2.24) is 5.32 Å². The average Bonchev–Trinajstić information content (AvgIpc) is 2.89. The van der Waals surface area contributed by atoms with Crippen LogP contribution >= 0.6 is 43.2 Å². The summed E-state index contributed by atoms with van der Waals surface area (Å²) in [6.45, 7) is 5.95. The number of halogens is 2. The molecule has 0 radical (unpaired) electrons. The van der Waals surface area contributed by atoms with Crippen LogP contribution < -0.4 is 10.1 Å². The van der Waals surface area contributed by atoms with Gasteiger partial charge in [0.1, 0.15) is 12.4 Å². The van der Waals surface area contributed by atoms with E-state index in [1.54, 1.807) is 11.3 Å². The van der Waals surface area contributed by atoms with Crippen molar-refractivity contribution in [2.24, 2.45) is 0 Å². The smallest absolute Gasteiger partial charge is 0.124 e. The second-order valence-corrected chi connectivity index (χ2v) is 8.32. The minimum absolute atomic E-state index is 0.271. The van der Waals surface area contributed by atoms with Gasteiger partial charge in [0, 0.05) is 21.0 Å². The summed E-state index contributed by atoms with van der Waals surface area (Å²) in [7, 11) is 0. The Bertz CT molecular complexity index is 585. The molecule has 0 amide bonds. The maximum absolute atomic E-state index is 6.02. The number of thiophene rings is 1. The van der Waals surface area contributed by atoms with E-state index in [0.29, 0.717) is 6.61 Å². The van der Waals surface area contributed by atoms with Crippen molar-refractivity contribution in [2.75, 3.05) is 6.54 Å². The van der Waals surface area contributed by atoms with E-state index < -0.39 is 0 Å². The Balaban J connectivity index is 2.10. The summed E-state index contributed by atoms with van der Waals surface area (Å²) < 4.78 is 8.23. The van der Waals surface area contributed by atoms with Crippen molar-refractivity contribution in [3.63, 3.8) is 0 Å². The van der Waals surface area contributed by atoms with Crippen molar-refractivity contribution in [3.05, 3.63) is 49.0 Å². The lowest BCUT2D eigenvalue weighted by molar-refractivity contribution is 0.303. The van der Waals surface area contributed by atoms with Crippen molar-refractivity contribution in [1.29, 1.82) is 0 Å². The Labute approximate surface area is 147 Å². The van der Waals surface area contributed by atoms with Crippen LogP contribution in [0.4, 0.5) is 0 Å². The summed E-state index contributed by atoms with van der Waals surface area (Å²) in [5, 5.41) is 3.51. The third-order valence-electron chi connectivity index (χ3n) is 3.14. The van der Waals surface area contributed by atoms with Crippen LogP contribution in [0.3, 0.4) is 0 Å². The molecule has 21 heavy (non-hydrogen) atoms. The molecule has 2 rings (SSSR count). The van der Waals surface area contributed by atoms with Crippen molar-refractivity contribution in [2.45, 2.75) is 32.9 Å². The molecule has 0 bridgehead atoms. The van der Waals surface area contributed by atoms with Gasteiger partial charge in [0.25, 0.3) is 0 Å². The van der Waals surface area contributed by atoms with Crippen LogP contribution in [0.15, 0.2) is 38.6 Å². The van der Waals surface area contributed by atoms with Crippen LogP contribution in [0.5, 0.6) is 5.75 Å². The van der Waals surface area contributed by atoms with E-state index in [9.17, 15) is 0 Å². The molecule has 1 N–H and O–H groups in total. The van der Waals surface area contributed by atoms with Gasteiger partial charge in [-0.3, -0.25) is 0 Å². The lowest BCUT2D eigenvalue weighted by Gasteiger charge is -2.18. The molecule has 0 saturated heterocycles. The Hall–Kier alpha value is -0.360. The number of ether oxygens (including phenoxy) is 1. The third kappa shape index (κ3) is 5.09. The standard InChI is InChI=1S/C16H19Br2NOS/c1-3-8-19-11(2)14-9-12(17)4-6-15(14)20-10-13-5-7-16(18)21-13/h4-7,9,11,19H,3,8,10H2,1-2H3. The zero-order valence-corrected chi connectivity index (χ0v) is 16.1. The molecule has 1 aromatic carbocycles. The summed E-state index contributed by atoms with van der Waals surface area (Å²) in [6, 6.07) is 10.6. The molecule has 0 aliphatic heterocycles. The maximum atomic E-state index is 6.02. The molecular formula is C16H19Br2NOS. The first-order valence-electron chi connectivity index (χ1n) is 7.00. The summed E-state index contributed by atoms with van der Waals surface area (Å²) in [4.78, 5) is 1.21. The van der Waals surface area contributed by atoms with Gasteiger partial charge in [0.15, 0.2) is 0 Å². The molecule has 0 fully saturated rings. The fourth-order valence-corrected chi connectivity index (χ4v) is 3.81. The zero-order valence-electron chi connectivity index (χ0n) is 12.2. The van der Waals surface area contributed by atoms with Gasteiger partial charge in [-0.2, -0.15) is 0 Å². The van der Waals surface area contributed by atoms with E-state index in [1.807, 2.05) is 12.1 Å². The number of hydrogen-bond acceptors (Lipinski definition) is 3. The van der Waals surface area contributed by atoms with Crippen LogP contribution in [0.2, 0.25) is 0 Å². The predicted octanol–water partition coefficient (Wildman–Crippen LogP) is 5.91. The second kappa shape index (κ2) is 8.32. The van der Waals surface area contributed by atoms with Gasteiger partial charge < -0.3 is 10.1 Å². The molecule has 2 aromatic rings. The topological polar surface area (TPSA) is 21.3 Å². The van der Waals surface area contributed by atoms with Crippen LogP contribution in [-0.4, -0.2) is 6.54 Å². The van der Waals surface area contributed by atoms with Gasteiger partial charge >= 0.3 is 0 Å². The number of hydrogen-bond donors (Lipinski definition) is 1. The van der Waals surface area contributed by atoms with E-state index in [2.05, 4.69) is 69.2 Å². The van der Waals surface area contributed by atoms with Crippen LogP contribution in [0.25, 0.3) is 0 Å². The molecule has 2 nitrogen and oxygen atoms in total. The monoisotopic (exact) mass is 431 g/mol. The molecule has 0 aliphatic carbocycles. The van der Waals surface area contributed by atoms with Gasteiger partial charge in [-0.05, 0) is 66.2 Å². The first-order valence-corrected chi connectivity index (χ1v) is 9.40. The lowest BCUT2D eigenvalue weighted by Crippen LogP contribution is -2.20. The number of benzene rings is 1. The van der Waals surface area contributed by atoms with Crippen molar-refractivity contribution >= 4 is 43.2 Å².